The molecule has 1 aromatic carbocycles. The zero-order valence-electron chi connectivity index (χ0n) is 10.7. The van der Waals surface area contributed by atoms with Crippen molar-refractivity contribution in [2.24, 2.45) is 0 Å². The van der Waals surface area contributed by atoms with E-state index in [-0.39, 0.29) is 5.91 Å². The van der Waals surface area contributed by atoms with Gasteiger partial charge in [0.2, 0.25) is 0 Å². The van der Waals surface area contributed by atoms with Crippen molar-refractivity contribution in [2.45, 2.75) is 25.3 Å². The Hall–Kier alpha value is -0.620. The largest absolute Gasteiger partial charge is 0.350 e. The Morgan fingerprint density at radius 1 is 1.44 bits per heavy atom. The summed E-state index contributed by atoms with van der Waals surface area (Å²) in [4.78, 5) is 14.4. The number of benzene rings is 1. The summed E-state index contributed by atoms with van der Waals surface area (Å²) in [6.07, 6.45) is 3.73. The molecule has 3 nitrogen and oxygen atoms in total. The lowest BCUT2D eigenvalue weighted by Gasteiger charge is -2.32. The minimum Gasteiger partial charge on any atom is -0.350 e. The average molecular weight is 358 g/mol. The summed E-state index contributed by atoms with van der Waals surface area (Å²) in [6.45, 7) is 1.89. The zero-order chi connectivity index (χ0) is 13.0. The molecule has 1 amide bonds. The van der Waals surface area contributed by atoms with Gasteiger partial charge in [-0.05, 0) is 61.2 Å². The van der Waals surface area contributed by atoms with E-state index in [1.54, 1.807) is 0 Å². The Morgan fingerprint density at radius 3 is 2.94 bits per heavy atom. The number of carbonyl (C=O) groups is 1. The maximum Gasteiger partial charge on any atom is 0.252 e. The number of amides is 1. The van der Waals surface area contributed by atoms with E-state index in [1.807, 2.05) is 24.3 Å². The molecule has 98 valence electrons. The normalized spacial score (nSPS) is 20.7. The van der Waals surface area contributed by atoms with Gasteiger partial charge in [0.15, 0.2) is 0 Å². The Balaban J connectivity index is 1.90. The highest BCUT2D eigenvalue weighted by atomic mass is 127. The van der Waals surface area contributed by atoms with Crippen LogP contribution in [0.4, 0.5) is 0 Å². The van der Waals surface area contributed by atoms with Crippen molar-refractivity contribution in [1.82, 2.24) is 10.2 Å². The molecular formula is C14H19IN2O. The molecule has 1 saturated heterocycles. The molecule has 2 rings (SSSR count). The number of hydrogen-bond donors (Lipinski definition) is 1. The van der Waals surface area contributed by atoms with Crippen LogP contribution in [0.3, 0.4) is 0 Å². The fraction of sp³-hybridized carbons (Fsp3) is 0.500. The van der Waals surface area contributed by atoms with Gasteiger partial charge in [0, 0.05) is 16.2 Å². The van der Waals surface area contributed by atoms with Gasteiger partial charge in [-0.2, -0.15) is 0 Å². The van der Waals surface area contributed by atoms with E-state index >= 15 is 0 Å². The first-order valence-electron chi connectivity index (χ1n) is 6.41. The third-order valence-electron chi connectivity index (χ3n) is 3.54. The first-order chi connectivity index (χ1) is 8.68. The molecule has 1 aromatic rings. The maximum atomic E-state index is 12.1. The van der Waals surface area contributed by atoms with Crippen molar-refractivity contribution in [1.29, 1.82) is 0 Å². The number of nitrogens with zero attached hydrogens (tertiary/aromatic N) is 1. The Morgan fingerprint density at radius 2 is 2.22 bits per heavy atom. The molecule has 0 aromatic heterocycles. The van der Waals surface area contributed by atoms with Crippen LogP contribution in [0.1, 0.15) is 29.6 Å². The number of rotatable bonds is 3. The monoisotopic (exact) mass is 358 g/mol. The third-order valence-corrected chi connectivity index (χ3v) is 4.48. The van der Waals surface area contributed by atoms with Crippen molar-refractivity contribution in [3.8, 4) is 0 Å². The van der Waals surface area contributed by atoms with Crippen LogP contribution in [0.2, 0.25) is 0 Å². The molecule has 0 radical (unpaired) electrons. The lowest BCUT2D eigenvalue weighted by Crippen LogP contribution is -2.44. The fourth-order valence-electron chi connectivity index (χ4n) is 2.35. The van der Waals surface area contributed by atoms with Gasteiger partial charge in [-0.25, -0.2) is 0 Å². The number of hydrogen-bond acceptors (Lipinski definition) is 2. The van der Waals surface area contributed by atoms with Crippen molar-refractivity contribution in [3.63, 3.8) is 0 Å². The standard InChI is InChI=1S/C14H19IN2O/c1-17-9-5-4-6-11(17)10-16-14(18)12-7-2-3-8-13(12)15/h2-3,7-8,11H,4-6,9-10H2,1H3,(H,16,18). The van der Waals surface area contributed by atoms with Gasteiger partial charge in [-0.3, -0.25) is 4.79 Å². The number of piperidine rings is 1. The summed E-state index contributed by atoms with van der Waals surface area (Å²) in [7, 11) is 2.14. The summed E-state index contributed by atoms with van der Waals surface area (Å²) in [5.74, 6) is 0.0407. The van der Waals surface area contributed by atoms with Crippen LogP contribution in [0.15, 0.2) is 24.3 Å². The van der Waals surface area contributed by atoms with Gasteiger partial charge >= 0.3 is 0 Å². The van der Waals surface area contributed by atoms with Crippen LogP contribution >= 0.6 is 22.6 Å². The molecule has 1 heterocycles. The van der Waals surface area contributed by atoms with Crippen LogP contribution in [0.5, 0.6) is 0 Å². The minimum absolute atomic E-state index is 0.0407. The summed E-state index contributed by atoms with van der Waals surface area (Å²) in [5.41, 5.74) is 0.775. The van der Waals surface area contributed by atoms with E-state index in [9.17, 15) is 4.79 Å². The zero-order valence-corrected chi connectivity index (χ0v) is 12.8. The van der Waals surface area contributed by atoms with Gasteiger partial charge in [0.1, 0.15) is 0 Å². The summed E-state index contributed by atoms with van der Waals surface area (Å²) >= 11 is 2.20. The van der Waals surface area contributed by atoms with Crippen LogP contribution < -0.4 is 5.32 Å². The van der Waals surface area contributed by atoms with Crippen LogP contribution in [-0.4, -0.2) is 37.0 Å². The molecule has 0 bridgehead atoms. The van der Waals surface area contributed by atoms with Crippen molar-refractivity contribution in [2.75, 3.05) is 20.1 Å². The Labute approximate surface area is 122 Å². The highest BCUT2D eigenvalue weighted by molar-refractivity contribution is 14.1. The Bertz CT molecular complexity index is 422. The lowest BCUT2D eigenvalue weighted by molar-refractivity contribution is 0.0927. The predicted octanol–water partition coefficient (Wildman–Crippen LogP) is 2.51. The number of likely N-dealkylation sites (tertiary alicyclic amines) is 1. The van der Waals surface area contributed by atoms with Gasteiger partial charge in [-0.15, -0.1) is 0 Å². The second-order valence-corrected chi connectivity index (χ2v) is 5.98. The van der Waals surface area contributed by atoms with Gasteiger partial charge in [-0.1, -0.05) is 18.6 Å². The second-order valence-electron chi connectivity index (χ2n) is 4.82. The van der Waals surface area contributed by atoms with Crippen LogP contribution in [0, 0.1) is 3.57 Å². The fourth-order valence-corrected chi connectivity index (χ4v) is 2.99. The van der Waals surface area contributed by atoms with E-state index < -0.39 is 0 Å². The number of halogens is 1. The number of nitrogens with one attached hydrogen (secondary N) is 1. The third kappa shape index (κ3) is 3.45. The Kier molecular flexibility index (Phi) is 5.00. The first kappa shape index (κ1) is 13.8. The molecule has 1 aliphatic rings. The average Bonchev–Trinajstić information content (AvgIpc) is 2.38. The quantitative estimate of drug-likeness (QED) is 0.843. The maximum absolute atomic E-state index is 12.1. The molecule has 1 aliphatic heterocycles. The van der Waals surface area contributed by atoms with Gasteiger partial charge < -0.3 is 10.2 Å². The van der Waals surface area contributed by atoms with Gasteiger partial charge in [0.05, 0.1) is 5.56 Å². The lowest BCUT2D eigenvalue weighted by atomic mass is 10.0. The topological polar surface area (TPSA) is 32.3 Å². The van der Waals surface area contributed by atoms with E-state index in [2.05, 4.69) is 39.9 Å². The summed E-state index contributed by atoms with van der Waals surface area (Å²) in [5, 5.41) is 3.05. The highest BCUT2D eigenvalue weighted by Crippen LogP contribution is 2.15. The number of likely N-dealkylation sites (N-methyl/N-ethyl adjacent to an activating group) is 1. The van der Waals surface area contributed by atoms with Gasteiger partial charge in [0.25, 0.3) is 5.91 Å². The van der Waals surface area contributed by atoms with E-state index in [1.165, 1.54) is 19.3 Å². The molecule has 1 unspecified atom stereocenters. The molecule has 0 aliphatic carbocycles. The summed E-state index contributed by atoms with van der Waals surface area (Å²) in [6, 6.07) is 8.19. The number of carbonyl (C=O) groups excluding carboxylic acids is 1. The van der Waals surface area contributed by atoms with Crippen molar-refractivity contribution in [3.05, 3.63) is 33.4 Å². The molecule has 1 atom stereocenters. The van der Waals surface area contributed by atoms with Crippen molar-refractivity contribution < 1.29 is 4.79 Å². The molecule has 1 fully saturated rings. The second kappa shape index (κ2) is 6.52. The molecule has 1 N–H and O–H groups in total. The van der Waals surface area contributed by atoms with E-state index in [0.29, 0.717) is 6.04 Å². The predicted molar refractivity (Wildman–Crippen MR) is 81.8 cm³/mol. The molecular weight excluding hydrogens is 339 g/mol. The van der Waals surface area contributed by atoms with Crippen LogP contribution in [-0.2, 0) is 0 Å². The smallest absolute Gasteiger partial charge is 0.252 e. The molecule has 0 spiro atoms. The summed E-state index contributed by atoms with van der Waals surface area (Å²) < 4.78 is 1.00. The highest BCUT2D eigenvalue weighted by Gasteiger charge is 2.19. The first-order valence-corrected chi connectivity index (χ1v) is 7.49. The van der Waals surface area contributed by atoms with Crippen molar-refractivity contribution >= 4 is 28.5 Å². The van der Waals surface area contributed by atoms with E-state index in [4.69, 9.17) is 0 Å². The van der Waals surface area contributed by atoms with E-state index in [0.717, 1.165) is 22.2 Å². The SMILES string of the molecule is CN1CCCCC1CNC(=O)c1ccccc1I. The minimum atomic E-state index is 0.0407. The molecule has 18 heavy (non-hydrogen) atoms. The molecule has 0 saturated carbocycles. The van der Waals surface area contributed by atoms with Crippen LogP contribution in [0.25, 0.3) is 0 Å². The molecule has 4 heteroatoms.